The van der Waals surface area contributed by atoms with Gasteiger partial charge in [-0.05, 0) is 49.2 Å². The first kappa shape index (κ1) is 18.0. The largest absolute Gasteiger partial charge is 0.494 e. The van der Waals surface area contributed by atoms with Crippen molar-refractivity contribution in [1.82, 2.24) is 5.32 Å². The fourth-order valence-corrected chi connectivity index (χ4v) is 3.13. The van der Waals surface area contributed by atoms with Crippen LogP contribution in [-0.2, 0) is 16.1 Å². The molecule has 0 spiro atoms. The number of nitrogens with one attached hydrogen (secondary N) is 1. The number of anilines is 1. The smallest absolute Gasteiger partial charge is 0.227 e. The van der Waals surface area contributed by atoms with Gasteiger partial charge in [-0.15, -0.1) is 0 Å². The van der Waals surface area contributed by atoms with E-state index in [1.165, 1.54) is 0 Å². The Hall–Kier alpha value is -2.82. The molecule has 5 heteroatoms. The molecule has 1 heterocycles. The second-order valence-corrected chi connectivity index (χ2v) is 6.54. The van der Waals surface area contributed by atoms with Crippen LogP contribution in [0, 0.1) is 12.8 Å². The van der Waals surface area contributed by atoms with Crippen LogP contribution in [-0.4, -0.2) is 25.0 Å². The molecule has 3 rings (SSSR count). The molecule has 5 nitrogen and oxygen atoms in total. The maximum atomic E-state index is 12.5. The van der Waals surface area contributed by atoms with Gasteiger partial charge in [0.15, 0.2) is 0 Å². The fraction of sp³-hybridized carbons (Fsp3) is 0.333. The van der Waals surface area contributed by atoms with Crippen LogP contribution in [0.5, 0.6) is 5.75 Å². The predicted molar refractivity (Wildman–Crippen MR) is 101 cm³/mol. The molecule has 1 atom stereocenters. The monoisotopic (exact) mass is 352 g/mol. The van der Waals surface area contributed by atoms with Gasteiger partial charge in [-0.1, -0.05) is 24.3 Å². The van der Waals surface area contributed by atoms with E-state index in [9.17, 15) is 9.59 Å². The van der Waals surface area contributed by atoms with Gasteiger partial charge < -0.3 is 15.0 Å². The molecule has 2 aromatic carbocycles. The van der Waals surface area contributed by atoms with Crippen LogP contribution in [0.25, 0.3) is 0 Å². The van der Waals surface area contributed by atoms with Crippen molar-refractivity contribution in [3.8, 4) is 5.75 Å². The number of carbonyl (C=O) groups is 2. The average Bonchev–Trinajstić information content (AvgIpc) is 3.03. The molecule has 1 aliphatic heterocycles. The van der Waals surface area contributed by atoms with Crippen molar-refractivity contribution in [3.63, 3.8) is 0 Å². The van der Waals surface area contributed by atoms with Crippen LogP contribution in [0.2, 0.25) is 0 Å². The zero-order chi connectivity index (χ0) is 18.5. The number of rotatable bonds is 6. The molecule has 1 aliphatic rings. The predicted octanol–water partition coefficient (Wildman–Crippen LogP) is 3.06. The first-order chi connectivity index (χ1) is 12.6. The maximum absolute atomic E-state index is 12.5. The minimum absolute atomic E-state index is 0.00295. The van der Waals surface area contributed by atoms with Crippen LogP contribution in [0.3, 0.4) is 0 Å². The number of nitrogens with zero attached hydrogens (tertiary/aromatic N) is 1. The number of hydrogen-bond acceptors (Lipinski definition) is 3. The summed E-state index contributed by atoms with van der Waals surface area (Å²) in [5.74, 6) is 0.419. The highest BCUT2D eigenvalue weighted by atomic mass is 16.5. The zero-order valence-electron chi connectivity index (χ0n) is 15.2. The molecule has 1 saturated heterocycles. The molecule has 1 N–H and O–H groups in total. The van der Waals surface area contributed by atoms with E-state index < -0.39 is 0 Å². The molecule has 0 unspecified atom stereocenters. The Morgan fingerprint density at radius 3 is 2.69 bits per heavy atom. The normalized spacial score (nSPS) is 16.6. The molecule has 136 valence electrons. The Balaban J connectivity index is 1.56. The molecule has 0 saturated carbocycles. The van der Waals surface area contributed by atoms with Gasteiger partial charge in [0, 0.05) is 25.2 Å². The van der Waals surface area contributed by atoms with Crippen LogP contribution in [0.1, 0.15) is 24.5 Å². The topological polar surface area (TPSA) is 58.6 Å². The lowest BCUT2D eigenvalue weighted by Crippen LogP contribution is -2.32. The van der Waals surface area contributed by atoms with E-state index in [-0.39, 0.29) is 24.2 Å². The third-order valence-electron chi connectivity index (χ3n) is 4.51. The molecule has 1 fully saturated rings. The molecule has 2 aromatic rings. The second kappa shape index (κ2) is 8.04. The van der Waals surface area contributed by atoms with Gasteiger partial charge >= 0.3 is 0 Å². The first-order valence-corrected chi connectivity index (χ1v) is 8.93. The Kier molecular flexibility index (Phi) is 5.56. The molecule has 0 aromatic heterocycles. The Morgan fingerprint density at radius 1 is 1.23 bits per heavy atom. The van der Waals surface area contributed by atoms with E-state index in [1.54, 1.807) is 4.90 Å². The van der Waals surface area contributed by atoms with Gasteiger partial charge in [0.2, 0.25) is 11.8 Å². The third-order valence-corrected chi connectivity index (χ3v) is 4.51. The number of hydrogen-bond donors (Lipinski definition) is 1. The van der Waals surface area contributed by atoms with E-state index in [2.05, 4.69) is 5.32 Å². The number of ether oxygens (including phenoxy) is 1. The van der Waals surface area contributed by atoms with E-state index in [4.69, 9.17) is 4.74 Å². The number of carbonyl (C=O) groups excluding carboxylic acids is 2. The highest BCUT2D eigenvalue weighted by molar-refractivity contribution is 6.00. The Labute approximate surface area is 154 Å². The lowest BCUT2D eigenvalue weighted by molar-refractivity contribution is -0.126. The van der Waals surface area contributed by atoms with Gasteiger partial charge in [0.25, 0.3) is 0 Å². The summed E-state index contributed by atoms with van der Waals surface area (Å²) in [7, 11) is 0. The minimum atomic E-state index is -0.314. The summed E-state index contributed by atoms with van der Waals surface area (Å²) in [4.78, 5) is 26.5. The summed E-state index contributed by atoms with van der Waals surface area (Å²) in [5.41, 5.74) is 2.96. The van der Waals surface area contributed by atoms with Crippen LogP contribution >= 0.6 is 0 Å². The summed E-state index contributed by atoms with van der Waals surface area (Å²) in [6, 6.07) is 15.5. The van der Waals surface area contributed by atoms with Crippen molar-refractivity contribution < 1.29 is 14.3 Å². The van der Waals surface area contributed by atoms with Gasteiger partial charge in [0.05, 0.1) is 12.5 Å². The quantitative estimate of drug-likeness (QED) is 0.869. The molecule has 0 bridgehead atoms. The van der Waals surface area contributed by atoms with E-state index >= 15 is 0 Å². The molecule has 2 amide bonds. The number of aryl methyl sites for hydroxylation is 1. The standard InChI is InChI=1S/C21H24N2O3/c1-3-26-19-9-7-16(8-10-19)13-22-21(25)17-12-20(24)23(14-17)18-6-4-5-15(2)11-18/h4-11,17H,3,12-14H2,1-2H3,(H,22,25)/t17-/m0/s1. The molecule has 26 heavy (non-hydrogen) atoms. The van der Waals surface area contributed by atoms with E-state index in [1.807, 2.05) is 62.4 Å². The van der Waals surface area contributed by atoms with Crippen molar-refractivity contribution in [2.45, 2.75) is 26.8 Å². The van der Waals surface area contributed by atoms with Crippen LogP contribution in [0.15, 0.2) is 48.5 Å². The number of benzene rings is 2. The van der Waals surface area contributed by atoms with Crippen molar-refractivity contribution in [3.05, 3.63) is 59.7 Å². The highest BCUT2D eigenvalue weighted by Gasteiger charge is 2.34. The van der Waals surface area contributed by atoms with Crippen molar-refractivity contribution in [2.75, 3.05) is 18.1 Å². The Bertz CT molecular complexity index is 786. The van der Waals surface area contributed by atoms with Gasteiger partial charge in [0.1, 0.15) is 5.75 Å². The van der Waals surface area contributed by atoms with E-state index in [0.717, 1.165) is 22.6 Å². The maximum Gasteiger partial charge on any atom is 0.227 e. The van der Waals surface area contributed by atoms with E-state index in [0.29, 0.717) is 19.7 Å². The summed E-state index contributed by atoms with van der Waals surface area (Å²) < 4.78 is 5.41. The SMILES string of the molecule is CCOc1ccc(CNC(=O)[C@H]2CC(=O)N(c3cccc(C)c3)C2)cc1. The molecular weight excluding hydrogens is 328 g/mol. The van der Waals surface area contributed by atoms with Gasteiger partial charge in [-0.2, -0.15) is 0 Å². The first-order valence-electron chi connectivity index (χ1n) is 8.93. The molecular formula is C21H24N2O3. The fourth-order valence-electron chi connectivity index (χ4n) is 3.13. The van der Waals surface area contributed by atoms with Gasteiger partial charge in [-0.25, -0.2) is 0 Å². The van der Waals surface area contributed by atoms with Crippen LogP contribution in [0.4, 0.5) is 5.69 Å². The number of amides is 2. The Morgan fingerprint density at radius 2 is 2.00 bits per heavy atom. The zero-order valence-corrected chi connectivity index (χ0v) is 15.2. The third kappa shape index (κ3) is 4.23. The van der Waals surface area contributed by atoms with Crippen molar-refractivity contribution >= 4 is 17.5 Å². The minimum Gasteiger partial charge on any atom is -0.494 e. The summed E-state index contributed by atoms with van der Waals surface area (Å²) >= 11 is 0. The highest BCUT2D eigenvalue weighted by Crippen LogP contribution is 2.26. The lowest BCUT2D eigenvalue weighted by atomic mass is 10.1. The summed E-state index contributed by atoms with van der Waals surface area (Å²) in [5, 5.41) is 2.94. The van der Waals surface area contributed by atoms with Crippen molar-refractivity contribution in [2.24, 2.45) is 5.92 Å². The second-order valence-electron chi connectivity index (χ2n) is 6.54. The summed E-state index contributed by atoms with van der Waals surface area (Å²) in [6.45, 7) is 5.43. The summed E-state index contributed by atoms with van der Waals surface area (Å²) in [6.07, 6.45) is 0.253. The molecule has 0 radical (unpaired) electrons. The molecule has 0 aliphatic carbocycles. The average molecular weight is 352 g/mol. The lowest BCUT2D eigenvalue weighted by Gasteiger charge is -2.17. The van der Waals surface area contributed by atoms with Gasteiger partial charge in [-0.3, -0.25) is 9.59 Å². The van der Waals surface area contributed by atoms with Crippen LogP contribution < -0.4 is 15.0 Å². The van der Waals surface area contributed by atoms with Crippen molar-refractivity contribution in [1.29, 1.82) is 0 Å².